The molecule has 2 aliphatic rings. The van der Waals surface area contributed by atoms with Crippen LogP contribution < -0.4 is 4.74 Å². The molecule has 0 aromatic carbocycles. The summed E-state index contributed by atoms with van der Waals surface area (Å²) in [6, 6.07) is 2.12. The van der Waals surface area contributed by atoms with Gasteiger partial charge in [-0.2, -0.15) is 0 Å². The number of hydrogen-bond acceptors (Lipinski definition) is 6. The summed E-state index contributed by atoms with van der Waals surface area (Å²) in [6.07, 6.45) is 1.08. The molecule has 3 rings (SSSR count). The minimum Gasteiger partial charge on any atom is -0.465 e. The highest BCUT2D eigenvalue weighted by molar-refractivity contribution is 5.78. The number of likely N-dealkylation sites (tertiary alicyclic amines) is 1. The van der Waals surface area contributed by atoms with Crippen molar-refractivity contribution >= 4 is 5.91 Å². The van der Waals surface area contributed by atoms with Crippen molar-refractivity contribution in [2.75, 3.05) is 46.0 Å². The first kappa shape index (κ1) is 16.3. The van der Waals surface area contributed by atoms with Gasteiger partial charge in [-0.1, -0.05) is 13.3 Å². The molecule has 128 valence electrons. The summed E-state index contributed by atoms with van der Waals surface area (Å²) < 4.78 is 15.8. The third-order valence-electron chi connectivity index (χ3n) is 4.75. The zero-order valence-corrected chi connectivity index (χ0v) is 13.9. The maximum absolute atomic E-state index is 12.4. The molecule has 0 radical (unpaired) electrons. The summed E-state index contributed by atoms with van der Waals surface area (Å²) in [4.78, 5) is 16.8. The fourth-order valence-electron chi connectivity index (χ4n) is 3.42. The second kappa shape index (κ2) is 7.31. The second-order valence-electron chi connectivity index (χ2n) is 6.25. The molecule has 2 atom stereocenters. The van der Waals surface area contributed by atoms with E-state index in [0.29, 0.717) is 23.6 Å². The fraction of sp³-hybridized carbons (Fsp3) is 0.750. The van der Waals surface area contributed by atoms with E-state index in [1.165, 1.54) is 0 Å². The predicted molar refractivity (Wildman–Crippen MR) is 83.3 cm³/mol. The lowest BCUT2D eigenvalue weighted by molar-refractivity contribution is -0.132. The molecule has 1 amide bonds. The minimum atomic E-state index is 0.0121. The van der Waals surface area contributed by atoms with E-state index in [-0.39, 0.29) is 12.5 Å². The molecule has 2 saturated heterocycles. The summed E-state index contributed by atoms with van der Waals surface area (Å²) >= 11 is 0. The maximum atomic E-state index is 12.4. The highest BCUT2D eigenvalue weighted by Crippen LogP contribution is 2.25. The van der Waals surface area contributed by atoms with Crippen LogP contribution in [-0.4, -0.2) is 72.9 Å². The van der Waals surface area contributed by atoms with Crippen LogP contribution in [0.25, 0.3) is 0 Å². The van der Waals surface area contributed by atoms with E-state index >= 15 is 0 Å². The van der Waals surface area contributed by atoms with Crippen LogP contribution >= 0.6 is 0 Å². The Morgan fingerprint density at radius 2 is 2.17 bits per heavy atom. The first-order valence-corrected chi connectivity index (χ1v) is 8.33. The number of carbonyl (C=O) groups excluding carboxylic acids is 1. The Kier molecular flexibility index (Phi) is 5.17. The predicted octanol–water partition coefficient (Wildman–Crippen LogP) is 0.931. The van der Waals surface area contributed by atoms with Gasteiger partial charge in [-0.15, -0.1) is 0 Å². The van der Waals surface area contributed by atoms with Crippen molar-refractivity contribution in [3.63, 3.8) is 0 Å². The number of amides is 1. The molecule has 7 nitrogen and oxygen atoms in total. The van der Waals surface area contributed by atoms with E-state index in [2.05, 4.69) is 17.0 Å². The van der Waals surface area contributed by atoms with Crippen molar-refractivity contribution in [3.8, 4) is 5.88 Å². The molecule has 0 aliphatic carbocycles. The maximum Gasteiger partial charge on any atom is 0.260 e. The van der Waals surface area contributed by atoms with Gasteiger partial charge in [0.25, 0.3) is 11.8 Å². The van der Waals surface area contributed by atoms with Crippen LogP contribution in [0.1, 0.15) is 19.1 Å². The van der Waals surface area contributed by atoms with Crippen molar-refractivity contribution in [2.45, 2.75) is 26.3 Å². The second-order valence-corrected chi connectivity index (χ2v) is 6.25. The van der Waals surface area contributed by atoms with Gasteiger partial charge in [-0.05, 0) is 18.0 Å². The van der Waals surface area contributed by atoms with Gasteiger partial charge in [0.1, 0.15) is 5.76 Å². The van der Waals surface area contributed by atoms with Crippen LogP contribution in [0.3, 0.4) is 0 Å². The Hall–Kier alpha value is -1.60. The molecule has 1 aromatic heterocycles. The normalized spacial score (nSPS) is 25.7. The van der Waals surface area contributed by atoms with Crippen LogP contribution in [0.2, 0.25) is 0 Å². The molecule has 0 bridgehead atoms. The number of carbonyl (C=O) groups is 1. The van der Waals surface area contributed by atoms with Gasteiger partial charge in [0.15, 0.2) is 6.61 Å². The van der Waals surface area contributed by atoms with Gasteiger partial charge in [-0.3, -0.25) is 9.69 Å². The van der Waals surface area contributed by atoms with Crippen molar-refractivity contribution < 1.29 is 18.8 Å². The van der Waals surface area contributed by atoms with Crippen LogP contribution in [-0.2, 0) is 9.53 Å². The van der Waals surface area contributed by atoms with Crippen molar-refractivity contribution in [3.05, 3.63) is 11.8 Å². The average molecular weight is 323 g/mol. The third kappa shape index (κ3) is 3.84. The number of nitrogens with zero attached hydrogens (tertiary/aromatic N) is 3. The van der Waals surface area contributed by atoms with E-state index in [9.17, 15) is 4.79 Å². The Morgan fingerprint density at radius 1 is 1.39 bits per heavy atom. The number of aryl methyl sites for hydroxylation is 1. The summed E-state index contributed by atoms with van der Waals surface area (Å²) in [5.41, 5.74) is 0. The Bertz CT molecular complexity index is 527. The number of aromatic nitrogens is 1. The Labute approximate surface area is 136 Å². The Morgan fingerprint density at radius 3 is 2.83 bits per heavy atom. The van der Waals surface area contributed by atoms with Crippen LogP contribution in [0.5, 0.6) is 5.88 Å². The lowest BCUT2D eigenvalue weighted by Crippen LogP contribution is -2.47. The molecule has 0 spiro atoms. The fourth-order valence-corrected chi connectivity index (χ4v) is 3.42. The highest BCUT2D eigenvalue weighted by atomic mass is 16.5. The number of morpholine rings is 1. The van der Waals surface area contributed by atoms with Gasteiger partial charge in [0, 0.05) is 38.3 Å². The van der Waals surface area contributed by atoms with Crippen molar-refractivity contribution in [1.29, 1.82) is 0 Å². The molecule has 0 saturated carbocycles. The summed E-state index contributed by atoms with van der Waals surface area (Å²) in [5.74, 6) is 1.57. The van der Waals surface area contributed by atoms with Crippen LogP contribution in [0.15, 0.2) is 10.6 Å². The van der Waals surface area contributed by atoms with Crippen LogP contribution in [0.4, 0.5) is 0 Å². The molecular formula is C16H25N3O4. The van der Waals surface area contributed by atoms with Gasteiger partial charge >= 0.3 is 0 Å². The molecule has 23 heavy (non-hydrogen) atoms. The summed E-state index contributed by atoms with van der Waals surface area (Å²) in [5, 5.41) is 3.74. The Balaban J connectivity index is 1.54. The number of ether oxygens (including phenoxy) is 2. The number of rotatable bonds is 5. The number of hydrogen-bond donors (Lipinski definition) is 0. The summed E-state index contributed by atoms with van der Waals surface area (Å²) in [6.45, 7) is 9.07. The molecule has 2 aliphatic heterocycles. The van der Waals surface area contributed by atoms with Crippen LogP contribution in [0, 0.1) is 12.8 Å². The molecular weight excluding hydrogens is 298 g/mol. The molecule has 7 heteroatoms. The highest BCUT2D eigenvalue weighted by Gasteiger charge is 2.38. The van der Waals surface area contributed by atoms with E-state index in [1.54, 1.807) is 13.0 Å². The lowest BCUT2D eigenvalue weighted by Gasteiger charge is -2.34. The first-order chi connectivity index (χ1) is 11.2. The lowest BCUT2D eigenvalue weighted by atomic mass is 9.99. The molecule has 0 unspecified atom stereocenters. The average Bonchev–Trinajstić information content (AvgIpc) is 3.19. The minimum absolute atomic E-state index is 0.0121. The SMILES string of the molecule is CC[C@@H]1CN(C(=O)COc2cc(C)on2)C[C@@H]1N1CCOCC1. The molecule has 0 N–H and O–H groups in total. The van der Waals surface area contributed by atoms with E-state index in [0.717, 1.165) is 45.8 Å². The quantitative estimate of drug-likeness (QED) is 0.803. The summed E-state index contributed by atoms with van der Waals surface area (Å²) in [7, 11) is 0. The molecule has 1 aromatic rings. The van der Waals surface area contributed by atoms with E-state index < -0.39 is 0 Å². The van der Waals surface area contributed by atoms with Gasteiger partial charge in [0.05, 0.1) is 13.2 Å². The topological polar surface area (TPSA) is 68.0 Å². The first-order valence-electron chi connectivity index (χ1n) is 8.33. The zero-order valence-electron chi connectivity index (χ0n) is 13.9. The molecule has 3 heterocycles. The molecule has 2 fully saturated rings. The van der Waals surface area contributed by atoms with Crippen molar-refractivity contribution in [2.24, 2.45) is 5.92 Å². The monoisotopic (exact) mass is 323 g/mol. The smallest absolute Gasteiger partial charge is 0.260 e. The largest absolute Gasteiger partial charge is 0.465 e. The zero-order chi connectivity index (χ0) is 16.2. The van der Waals surface area contributed by atoms with Gasteiger partial charge in [-0.25, -0.2) is 0 Å². The van der Waals surface area contributed by atoms with Gasteiger partial charge in [0.2, 0.25) is 0 Å². The third-order valence-corrected chi connectivity index (χ3v) is 4.75. The van der Waals surface area contributed by atoms with E-state index in [1.807, 2.05) is 4.90 Å². The van der Waals surface area contributed by atoms with Gasteiger partial charge < -0.3 is 18.9 Å². The van der Waals surface area contributed by atoms with Crippen molar-refractivity contribution in [1.82, 2.24) is 15.0 Å². The van der Waals surface area contributed by atoms with E-state index in [4.69, 9.17) is 14.0 Å². The standard InChI is InChI=1S/C16H25N3O4/c1-3-13-9-19(10-14(13)18-4-6-21-7-5-18)16(20)11-22-15-8-12(2)23-17-15/h8,13-14H,3-7,9-11H2,1-2H3/t13-,14+/m1/s1.